The SMILES string of the molecule is C1CC2NNN3C4CCCC5C4B(C(C1)C23)C1CCCC2NNN5C21. The highest BCUT2D eigenvalue weighted by molar-refractivity contribution is 6.65. The molecule has 3 aliphatic carbocycles. The lowest BCUT2D eigenvalue weighted by molar-refractivity contribution is -0.0172. The van der Waals surface area contributed by atoms with E-state index in [1.807, 2.05) is 0 Å². The molecule has 0 radical (unpaired) electrons. The summed E-state index contributed by atoms with van der Waals surface area (Å²) in [5.41, 5.74) is 14.7. The van der Waals surface area contributed by atoms with E-state index < -0.39 is 0 Å². The van der Waals surface area contributed by atoms with Crippen LogP contribution < -0.4 is 21.9 Å². The summed E-state index contributed by atoms with van der Waals surface area (Å²) >= 11 is 0. The van der Waals surface area contributed by atoms with Crippen LogP contribution in [0.15, 0.2) is 0 Å². The smallest absolute Gasteiger partial charge is 0.157 e. The Hall–Kier alpha value is -0.175. The topological polar surface area (TPSA) is 54.6 Å². The summed E-state index contributed by atoms with van der Waals surface area (Å²) in [5.74, 6) is 2.68. The predicted molar refractivity (Wildman–Crippen MR) is 97.5 cm³/mol. The first-order valence-corrected chi connectivity index (χ1v) is 11.0. The summed E-state index contributed by atoms with van der Waals surface area (Å²) in [5, 5.41) is 5.43. The summed E-state index contributed by atoms with van der Waals surface area (Å²) in [6.45, 7) is 0.965. The number of hydrazine groups is 4. The Morgan fingerprint density at radius 2 is 1.16 bits per heavy atom. The van der Waals surface area contributed by atoms with Crippen molar-refractivity contribution < 1.29 is 0 Å². The maximum atomic E-state index is 3.68. The molecule has 0 amide bonds. The van der Waals surface area contributed by atoms with Gasteiger partial charge in [-0.15, -0.1) is 0 Å². The van der Waals surface area contributed by atoms with Crippen molar-refractivity contribution >= 4 is 6.71 Å². The maximum Gasteiger partial charge on any atom is 0.157 e. The molecule has 7 heteroatoms. The molecule has 0 aromatic rings. The number of hydrogen-bond donors (Lipinski definition) is 4. The number of rotatable bonds is 0. The number of fused-ring (bicyclic) bond motifs is 4. The van der Waals surface area contributed by atoms with Crippen molar-refractivity contribution in [1.82, 2.24) is 31.9 Å². The van der Waals surface area contributed by atoms with Gasteiger partial charge in [-0.05, 0) is 43.1 Å². The van der Waals surface area contributed by atoms with Gasteiger partial charge in [-0.3, -0.25) is 0 Å². The molecule has 3 saturated carbocycles. The van der Waals surface area contributed by atoms with Crippen molar-refractivity contribution in [2.24, 2.45) is 0 Å². The van der Waals surface area contributed by atoms with Crippen LogP contribution in [-0.2, 0) is 0 Å². The Bertz CT molecular complexity index is 530. The molecule has 0 aromatic heterocycles. The van der Waals surface area contributed by atoms with Crippen molar-refractivity contribution in [3.8, 4) is 0 Å². The second-order valence-corrected chi connectivity index (χ2v) is 9.93. The van der Waals surface area contributed by atoms with Gasteiger partial charge in [0, 0.05) is 36.3 Å². The van der Waals surface area contributed by atoms with Gasteiger partial charge in [0.1, 0.15) is 0 Å². The highest BCUT2D eigenvalue weighted by Gasteiger charge is 2.66. The second kappa shape index (κ2) is 5.21. The third kappa shape index (κ3) is 1.78. The zero-order valence-electron chi connectivity index (χ0n) is 15.0. The van der Waals surface area contributed by atoms with Gasteiger partial charge in [0.25, 0.3) is 0 Å². The number of nitrogens with zero attached hydrogens (tertiary/aromatic N) is 2. The molecule has 6 nitrogen and oxygen atoms in total. The Morgan fingerprint density at radius 3 is 1.72 bits per heavy atom. The first-order valence-electron chi connectivity index (χ1n) is 11.0. The third-order valence-corrected chi connectivity index (χ3v) is 9.24. The van der Waals surface area contributed by atoms with E-state index in [4.69, 9.17) is 0 Å². The van der Waals surface area contributed by atoms with Gasteiger partial charge in [0.05, 0.1) is 0 Å². The quantitative estimate of drug-likeness (QED) is 0.494. The van der Waals surface area contributed by atoms with Gasteiger partial charge in [0.2, 0.25) is 0 Å². The van der Waals surface area contributed by atoms with Gasteiger partial charge in [0.15, 0.2) is 6.71 Å². The fourth-order valence-corrected chi connectivity index (χ4v) is 8.68. The lowest BCUT2D eigenvalue weighted by atomic mass is 9.19. The van der Waals surface area contributed by atoms with Crippen molar-refractivity contribution in [2.45, 2.75) is 111 Å². The van der Waals surface area contributed by atoms with Gasteiger partial charge < -0.3 is 0 Å². The van der Waals surface area contributed by atoms with Crippen LogP contribution in [0.3, 0.4) is 0 Å². The monoisotopic (exact) mass is 342 g/mol. The second-order valence-electron chi connectivity index (χ2n) is 9.93. The number of nitrogens with one attached hydrogen (secondary N) is 4. The van der Waals surface area contributed by atoms with Crippen molar-refractivity contribution in [3.05, 3.63) is 0 Å². The third-order valence-electron chi connectivity index (χ3n) is 9.24. The van der Waals surface area contributed by atoms with E-state index in [0.717, 1.165) is 48.3 Å². The van der Waals surface area contributed by atoms with Crippen molar-refractivity contribution in [1.29, 1.82) is 0 Å². The zero-order chi connectivity index (χ0) is 16.1. The van der Waals surface area contributed by atoms with Crippen molar-refractivity contribution in [2.75, 3.05) is 0 Å². The Labute approximate surface area is 150 Å². The molecule has 25 heavy (non-hydrogen) atoms. The van der Waals surface area contributed by atoms with Crippen LogP contribution in [0.2, 0.25) is 17.5 Å². The predicted octanol–water partition coefficient (Wildman–Crippen LogP) is 1.03. The molecule has 7 aliphatic rings. The molecule has 8 atom stereocenters. The highest BCUT2D eigenvalue weighted by atomic mass is 15.8. The fraction of sp³-hybridized carbons (Fsp3) is 1.00. The standard InChI is InChI=1S/C18H31BN6/c1-4-10-17-12(6-1)20-22-24(17)14-8-3-9-15-16(14)19(10)11-5-2-7-13-18(11)25(15)23-21-13/h10-18,20-23H,1-9H2. The van der Waals surface area contributed by atoms with Crippen LogP contribution in [0.25, 0.3) is 0 Å². The summed E-state index contributed by atoms with van der Waals surface area (Å²) in [7, 11) is 0. The fourth-order valence-electron chi connectivity index (χ4n) is 8.68. The van der Waals surface area contributed by atoms with Crippen LogP contribution in [0.4, 0.5) is 0 Å². The van der Waals surface area contributed by atoms with Crippen LogP contribution in [0.5, 0.6) is 0 Å². The summed E-state index contributed by atoms with van der Waals surface area (Å²) < 4.78 is 0. The van der Waals surface area contributed by atoms with E-state index in [2.05, 4.69) is 31.9 Å². The van der Waals surface area contributed by atoms with Crippen LogP contribution >= 0.6 is 0 Å². The minimum Gasteiger partial charge on any atom is -0.239 e. The van der Waals surface area contributed by atoms with Gasteiger partial charge in [-0.25, -0.2) is 20.9 Å². The normalized spacial score (nSPS) is 57.1. The van der Waals surface area contributed by atoms with E-state index in [-0.39, 0.29) is 0 Å². The molecule has 4 saturated heterocycles. The van der Waals surface area contributed by atoms with E-state index >= 15 is 0 Å². The minimum atomic E-state index is 0.692. The van der Waals surface area contributed by atoms with E-state index in [1.165, 1.54) is 57.8 Å². The Balaban J connectivity index is 1.36. The van der Waals surface area contributed by atoms with Gasteiger partial charge in [-0.1, -0.05) is 32.1 Å². The molecule has 4 aliphatic heterocycles. The summed E-state index contributed by atoms with van der Waals surface area (Å²) in [6.07, 6.45) is 12.7. The van der Waals surface area contributed by atoms with Crippen LogP contribution in [-0.4, -0.2) is 53.0 Å². The molecule has 7 fully saturated rings. The Morgan fingerprint density at radius 1 is 0.640 bits per heavy atom. The molecule has 7 rings (SSSR count). The van der Waals surface area contributed by atoms with Crippen LogP contribution in [0.1, 0.15) is 57.8 Å². The first-order chi connectivity index (χ1) is 12.4. The maximum absolute atomic E-state index is 3.68. The molecular weight excluding hydrogens is 311 g/mol. The average Bonchev–Trinajstić information content (AvgIpc) is 3.28. The Kier molecular flexibility index (Phi) is 3.09. The summed E-state index contributed by atoms with van der Waals surface area (Å²) in [6, 6.07) is 4.38. The lowest BCUT2D eigenvalue weighted by Crippen LogP contribution is -2.73. The van der Waals surface area contributed by atoms with E-state index in [0.29, 0.717) is 12.1 Å². The van der Waals surface area contributed by atoms with Crippen LogP contribution in [0, 0.1) is 0 Å². The zero-order valence-corrected chi connectivity index (χ0v) is 15.0. The molecule has 0 bridgehead atoms. The van der Waals surface area contributed by atoms with Crippen molar-refractivity contribution in [3.63, 3.8) is 0 Å². The van der Waals surface area contributed by atoms with Gasteiger partial charge >= 0.3 is 0 Å². The average molecular weight is 342 g/mol. The molecular formula is C18H31BN6. The largest absolute Gasteiger partial charge is 0.239 e. The molecule has 8 unspecified atom stereocenters. The first kappa shape index (κ1) is 14.8. The molecule has 0 spiro atoms. The van der Waals surface area contributed by atoms with E-state index in [1.54, 1.807) is 0 Å². The number of hydrogen-bond acceptors (Lipinski definition) is 6. The highest BCUT2D eigenvalue weighted by Crippen LogP contribution is 2.60. The van der Waals surface area contributed by atoms with E-state index in [9.17, 15) is 0 Å². The lowest BCUT2D eigenvalue weighted by Gasteiger charge is -2.63. The molecule has 4 N–H and O–H groups in total. The summed E-state index contributed by atoms with van der Waals surface area (Å²) in [4.78, 5) is 0. The van der Waals surface area contributed by atoms with Gasteiger partial charge in [-0.2, -0.15) is 11.1 Å². The molecule has 0 aromatic carbocycles. The molecule has 136 valence electrons. The molecule has 4 heterocycles. The minimum absolute atomic E-state index is 0.692.